The van der Waals surface area contributed by atoms with E-state index in [0.29, 0.717) is 12.5 Å². The lowest BCUT2D eigenvalue weighted by Gasteiger charge is -2.39. The van der Waals surface area contributed by atoms with Crippen LogP contribution in [0.15, 0.2) is 18.2 Å². The van der Waals surface area contributed by atoms with E-state index in [2.05, 4.69) is 10.2 Å². The van der Waals surface area contributed by atoms with E-state index in [0.717, 1.165) is 43.5 Å². The number of carbonyl (C=O) groups is 1. The van der Waals surface area contributed by atoms with Crippen molar-refractivity contribution in [3.8, 4) is 0 Å². The lowest BCUT2D eigenvalue weighted by molar-refractivity contribution is -0.384. The van der Waals surface area contributed by atoms with Gasteiger partial charge in [-0.25, -0.2) is 0 Å². The van der Waals surface area contributed by atoms with Crippen molar-refractivity contribution >= 4 is 17.3 Å². The first-order valence-corrected chi connectivity index (χ1v) is 9.48. The first kappa shape index (κ1) is 16.4. The van der Waals surface area contributed by atoms with Crippen molar-refractivity contribution in [3.63, 3.8) is 0 Å². The summed E-state index contributed by atoms with van der Waals surface area (Å²) in [6, 6.07) is 5.64. The molecule has 1 saturated carbocycles. The number of nitrogens with zero attached hydrogens (tertiary/aromatic N) is 2. The van der Waals surface area contributed by atoms with Gasteiger partial charge in [0.05, 0.1) is 10.8 Å². The predicted molar refractivity (Wildman–Crippen MR) is 95.7 cm³/mol. The molecule has 1 aromatic carbocycles. The molecule has 6 nitrogen and oxygen atoms in total. The van der Waals surface area contributed by atoms with Crippen molar-refractivity contribution in [2.24, 2.45) is 5.92 Å². The fraction of sp³-hybridized carbons (Fsp3) is 0.632. The highest BCUT2D eigenvalue weighted by Crippen LogP contribution is 2.40. The molecule has 1 aromatic rings. The summed E-state index contributed by atoms with van der Waals surface area (Å²) in [6.07, 6.45) is 8.53. The van der Waals surface area contributed by atoms with Crippen LogP contribution < -0.4 is 10.2 Å². The largest absolute Gasteiger partial charge is 0.368 e. The first-order valence-electron chi connectivity index (χ1n) is 9.48. The molecular weight excluding hydrogens is 318 g/mol. The number of anilines is 1. The third-order valence-corrected chi connectivity index (χ3v) is 6.08. The SMILES string of the molecule is O=C(NC1CCCCC1)C1Cc2cc([N+](=O)[O-])ccc2N2CCCC12. The van der Waals surface area contributed by atoms with Gasteiger partial charge in [-0.1, -0.05) is 19.3 Å². The number of hydrogen-bond acceptors (Lipinski definition) is 4. The second-order valence-electron chi connectivity index (χ2n) is 7.63. The number of nitro groups is 1. The van der Waals surface area contributed by atoms with Crippen molar-refractivity contribution in [1.29, 1.82) is 0 Å². The quantitative estimate of drug-likeness (QED) is 0.675. The topological polar surface area (TPSA) is 75.5 Å². The molecule has 0 aromatic heterocycles. The Labute approximate surface area is 147 Å². The van der Waals surface area contributed by atoms with Crippen molar-refractivity contribution in [3.05, 3.63) is 33.9 Å². The smallest absolute Gasteiger partial charge is 0.269 e. The molecule has 134 valence electrons. The maximum Gasteiger partial charge on any atom is 0.269 e. The van der Waals surface area contributed by atoms with Gasteiger partial charge in [0.25, 0.3) is 5.69 Å². The molecule has 1 saturated heterocycles. The van der Waals surface area contributed by atoms with E-state index < -0.39 is 0 Å². The average Bonchev–Trinajstić information content (AvgIpc) is 3.11. The number of carbonyl (C=O) groups excluding carboxylic acids is 1. The molecule has 2 heterocycles. The lowest BCUT2D eigenvalue weighted by Crippen LogP contribution is -2.50. The molecule has 1 aliphatic carbocycles. The maximum atomic E-state index is 13.0. The zero-order valence-corrected chi connectivity index (χ0v) is 14.4. The van der Waals surface area contributed by atoms with Crippen molar-refractivity contribution in [1.82, 2.24) is 5.32 Å². The predicted octanol–water partition coefficient (Wildman–Crippen LogP) is 3.18. The van der Waals surface area contributed by atoms with Gasteiger partial charge in [0.1, 0.15) is 0 Å². The van der Waals surface area contributed by atoms with E-state index in [1.54, 1.807) is 12.1 Å². The van der Waals surface area contributed by atoms with Gasteiger partial charge in [-0.15, -0.1) is 0 Å². The highest BCUT2D eigenvalue weighted by atomic mass is 16.6. The van der Waals surface area contributed by atoms with Crippen molar-refractivity contribution < 1.29 is 9.72 Å². The number of benzene rings is 1. The van der Waals surface area contributed by atoms with Crippen LogP contribution in [0.25, 0.3) is 0 Å². The Morgan fingerprint density at radius 3 is 2.72 bits per heavy atom. The van der Waals surface area contributed by atoms with Gasteiger partial charge in [-0.3, -0.25) is 14.9 Å². The van der Waals surface area contributed by atoms with E-state index >= 15 is 0 Å². The molecule has 4 rings (SSSR count). The second-order valence-corrected chi connectivity index (χ2v) is 7.63. The third-order valence-electron chi connectivity index (χ3n) is 6.08. The van der Waals surface area contributed by atoms with Gasteiger partial charge in [0.15, 0.2) is 0 Å². The molecule has 0 bridgehead atoms. The van der Waals surface area contributed by atoms with Crippen LogP contribution >= 0.6 is 0 Å². The fourth-order valence-electron chi connectivity index (χ4n) is 4.83. The third kappa shape index (κ3) is 3.10. The number of amides is 1. The Hall–Kier alpha value is -2.11. The summed E-state index contributed by atoms with van der Waals surface area (Å²) in [5, 5.41) is 14.4. The van der Waals surface area contributed by atoms with Gasteiger partial charge in [0.2, 0.25) is 5.91 Å². The van der Waals surface area contributed by atoms with E-state index in [4.69, 9.17) is 0 Å². The molecule has 2 unspecified atom stereocenters. The van der Waals surface area contributed by atoms with E-state index in [-0.39, 0.29) is 28.5 Å². The normalized spacial score (nSPS) is 26.0. The Bertz CT molecular complexity index is 684. The van der Waals surface area contributed by atoms with Crippen LogP contribution in [0, 0.1) is 16.0 Å². The highest BCUT2D eigenvalue weighted by Gasteiger charge is 2.41. The summed E-state index contributed by atoms with van der Waals surface area (Å²) >= 11 is 0. The maximum absolute atomic E-state index is 13.0. The zero-order chi connectivity index (χ0) is 17.4. The van der Waals surface area contributed by atoms with Crippen LogP contribution in [0.1, 0.15) is 50.5 Å². The zero-order valence-electron chi connectivity index (χ0n) is 14.4. The Kier molecular flexibility index (Phi) is 4.36. The molecular formula is C19H25N3O3. The Balaban J connectivity index is 1.57. The molecule has 2 aliphatic heterocycles. The van der Waals surface area contributed by atoms with Gasteiger partial charge in [-0.2, -0.15) is 0 Å². The van der Waals surface area contributed by atoms with Gasteiger partial charge >= 0.3 is 0 Å². The molecule has 1 amide bonds. The second kappa shape index (κ2) is 6.65. The molecule has 2 atom stereocenters. The lowest BCUT2D eigenvalue weighted by atomic mass is 9.84. The van der Waals surface area contributed by atoms with Gasteiger partial charge in [0, 0.05) is 36.4 Å². The summed E-state index contributed by atoms with van der Waals surface area (Å²) in [5.41, 5.74) is 2.13. The van der Waals surface area contributed by atoms with Gasteiger partial charge < -0.3 is 10.2 Å². The van der Waals surface area contributed by atoms with Crippen molar-refractivity contribution in [2.75, 3.05) is 11.4 Å². The molecule has 1 N–H and O–H groups in total. The summed E-state index contributed by atoms with van der Waals surface area (Å²) in [4.78, 5) is 26.0. The summed E-state index contributed by atoms with van der Waals surface area (Å²) < 4.78 is 0. The Morgan fingerprint density at radius 2 is 1.96 bits per heavy atom. The van der Waals surface area contributed by atoms with E-state index in [1.165, 1.54) is 19.3 Å². The molecule has 2 fully saturated rings. The number of rotatable bonds is 3. The number of fused-ring (bicyclic) bond motifs is 3. The van der Waals surface area contributed by atoms with Crippen LogP contribution in [-0.2, 0) is 11.2 Å². The van der Waals surface area contributed by atoms with Crippen LogP contribution in [0.3, 0.4) is 0 Å². The molecule has 0 radical (unpaired) electrons. The van der Waals surface area contributed by atoms with Gasteiger partial charge in [-0.05, 0) is 43.7 Å². The molecule has 25 heavy (non-hydrogen) atoms. The minimum absolute atomic E-state index is 0.0982. The average molecular weight is 343 g/mol. The van der Waals surface area contributed by atoms with Crippen LogP contribution in [0.4, 0.5) is 11.4 Å². The van der Waals surface area contributed by atoms with E-state index in [9.17, 15) is 14.9 Å². The number of hydrogen-bond donors (Lipinski definition) is 1. The van der Waals surface area contributed by atoms with Crippen molar-refractivity contribution in [2.45, 2.75) is 63.5 Å². The summed E-state index contributed by atoms with van der Waals surface area (Å²) in [5.74, 6) is 0.0416. The van der Waals surface area contributed by atoms with Crippen LogP contribution in [0.2, 0.25) is 0 Å². The van der Waals surface area contributed by atoms with E-state index in [1.807, 2.05) is 6.07 Å². The molecule has 3 aliphatic rings. The minimum Gasteiger partial charge on any atom is -0.368 e. The highest BCUT2D eigenvalue weighted by molar-refractivity contribution is 5.82. The minimum atomic E-state index is -0.354. The number of nitrogens with one attached hydrogen (secondary N) is 1. The van der Waals surface area contributed by atoms with Crippen LogP contribution in [-0.4, -0.2) is 29.5 Å². The molecule has 6 heteroatoms. The number of non-ortho nitro benzene ring substituents is 1. The first-order chi connectivity index (χ1) is 12.1. The summed E-state index contributed by atoms with van der Waals surface area (Å²) in [7, 11) is 0. The number of nitro benzene ring substituents is 1. The fourth-order valence-corrected chi connectivity index (χ4v) is 4.83. The summed E-state index contributed by atoms with van der Waals surface area (Å²) in [6.45, 7) is 0.933. The van der Waals surface area contributed by atoms with Crippen LogP contribution in [0.5, 0.6) is 0 Å². The standard InChI is InChI=1S/C19H25N3O3/c23-19(20-14-5-2-1-3-6-14)16-12-13-11-15(22(24)25)8-9-17(13)21-10-4-7-18(16)21/h8-9,11,14,16,18H,1-7,10,12H2,(H,20,23). The monoisotopic (exact) mass is 343 g/mol. The Morgan fingerprint density at radius 1 is 1.16 bits per heavy atom. The molecule has 0 spiro atoms.